The predicted molar refractivity (Wildman–Crippen MR) is 56.8 cm³/mol. The van der Waals surface area contributed by atoms with Gasteiger partial charge in [0.2, 0.25) is 5.91 Å². The maximum absolute atomic E-state index is 11.7. The molecular weight excluding hydrogens is 184 g/mol. The van der Waals surface area contributed by atoms with Crippen LogP contribution in [-0.4, -0.2) is 41.4 Å². The Bertz CT molecular complexity index is 169. The number of nitrogens with two attached hydrogens (primary N) is 1. The molecule has 76 valence electrons. The van der Waals surface area contributed by atoms with E-state index in [1.807, 2.05) is 11.8 Å². The summed E-state index contributed by atoms with van der Waals surface area (Å²) in [7, 11) is 0. The van der Waals surface area contributed by atoms with Crippen molar-refractivity contribution in [1.82, 2.24) is 4.90 Å². The maximum Gasteiger partial charge on any atom is 0.235 e. The summed E-state index contributed by atoms with van der Waals surface area (Å²) in [6, 6.07) is 0. The van der Waals surface area contributed by atoms with Crippen molar-refractivity contribution in [3.8, 4) is 0 Å². The monoisotopic (exact) mass is 202 g/mol. The lowest BCUT2D eigenvalue weighted by molar-refractivity contribution is -0.129. The van der Waals surface area contributed by atoms with Gasteiger partial charge in [0.25, 0.3) is 0 Å². The van der Waals surface area contributed by atoms with Gasteiger partial charge in [0.05, 0.1) is 5.25 Å². The Labute approximate surface area is 84.0 Å². The van der Waals surface area contributed by atoms with Crippen molar-refractivity contribution in [2.45, 2.75) is 25.0 Å². The molecule has 0 aromatic rings. The van der Waals surface area contributed by atoms with Gasteiger partial charge < -0.3 is 10.6 Å². The predicted octanol–water partition coefficient (Wildman–Crippen LogP) is 0.689. The van der Waals surface area contributed by atoms with E-state index >= 15 is 0 Å². The standard InChI is InChI=1S/C9H18N2OS/c1-8(13-7-4-10)9(12)11-5-2-3-6-11/h8H,2-7,10H2,1H3. The van der Waals surface area contributed by atoms with Gasteiger partial charge in [-0.1, -0.05) is 0 Å². The summed E-state index contributed by atoms with van der Waals surface area (Å²) >= 11 is 1.66. The van der Waals surface area contributed by atoms with E-state index in [1.165, 1.54) is 12.8 Å². The first kappa shape index (κ1) is 10.9. The molecular formula is C9H18N2OS. The van der Waals surface area contributed by atoms with Crippen LogP contribution in [0.2, 0.25) is 0 Å². The summed E-state index contributed by atoms with van der Waals surface area (Å²) in [5.41, 5.74) is 5.38. The number of carbonyl (C=O) groups is 1. The third kappa shape index (κ3) is 3.19. The van der Waals surface area contributed by atoms with Crippen molar-refractivity contribution >= 4 is 17.7 Å². The van der Waals surface area contributed by atoms with Gasteiger partial charge in [0.1, 0.15) is 0 Å². The molecule has 0 bridgehead atoms. The fourth-order valence-electron chi connectivity index (χ4n) is 1.51. The lowest BCUT2D eigenvalue weighted by Crippen LogP contribution is -2.34. The molecule has 1 fully saturated rings. The average Bonchev–Trinajstić information content (AvgIpc) is 2.65. The zero-order valence-corrected chi connectivity index (χ0v) is 8.98. The second-order valence-electron chi connectivity index (χ2n) is 3.33. The molecule has 0 saturated carbocycles. The third-order valence-corrected chi connectivity index (χ3v) is 3.42. The van der Waals surface area contributed by atoms with Gasteiger partial charge in [-0.2, -0.15) is 0 Å². The SMILES string of the molecule is CC(SCCN)C(=O)N1CCCC1. The largest absolute Gasteiger partial charge is 0.342 e. The summed E-state index contributed by atoms with van der Waals surface area (Å²) in [6.45, 7) is 4.53. The number of hydrogen-bond acceptors (Lipinski definition) is 3. The van der Waals surface area contributed by atoms with E-state index in [1.54, 1.807) is 11.8 Å². The lowest BCUT2D eigenvalue weighted by atomic mass is 10.4. The minimum absolute atomic E-state index is 0.0849. The Morgan fingerprint density at radius 1 is 1.54 bits per heavy atom. The Kier molecular flexibility index (Phi) is 4.59. The van der Waals surface area contributed by atoms with Crippen molar-refractivity contribution in [3.63, 3.8) is 0 Å². The molecule has 1 amide bonds. The minimum atomic E-state index is 0.0849. The highest BCUT2D eigenvalue weighted by Crippen LogP contribution is 2.16. The molecule has 0 radical (unpaired) electrons. The van der Waals surface area contributed by atoms with Crippen LogP contribution in [0.1, 0.15) is 19.8 Å². The first-order chi connectivity index (χ1) is 6.25. The second-order valence-corrected chi connectivity index (χ2v) is 4.78. The summed E-state index contributed by atoms with van der Waals surface area (Å²) < 4.78 is 0. The number of amides is 1. The van der Waals surface area contributed by atoms with Gasteiger partial charge in [-0.25, -0.2) is 0 Å². The molecule has 1 saturated heterocycles. The Hall–Kier alpha value is -0.220. The van der Waals surface area contributed by atoms with Crippen molar-refractivity contribution in [2.75, 3.05) is 25.4 Å². The molecule has 1 aliphatic rings. The third-order valence-electron chi connectivity index (χ3n) is 2.25. The van der Waals surface area contributed by atoms with Gasteiger partial charge in [0.15, 0.2) is 0 Å². The molecule has 3 nitrogen and oxygen atoms in total. The van der Waals surface area contributed by atoms with E-state index in [-0.39, 0.29) is 11.2 Å². The van der Waals surface area contributed by atoms with E-state index in [2.05, 4.69) is 0 Å². The fraction of sp³-hybridized carbons (Fsp3) is 0.889. The van der Waals surface area contributed by atoms with Crippen LogP contribution in [0.4, 0.5) is 0 Å². The van der Waals surface area contributed by atoms with Crippen molar-refractivity contribution in [3.05, 3.63) is 0 Å². The molecule has 1 rings (SSSR count). The van der Waals surface area contributed by atoms with Gasteiger partial charge in [0, 0.05) is 25.4 Å². The summed E-state index contributed by atoms with van der Waals surface area (Å²) in [5.74, 6) is 1.16. The topological polar surface area (TPSA) is 46.3 Å². The number of thioether (sulfide) groups is 1. The molecule has 0 aromatic carbocycles. The molecule has 13 heavy (non-hydrogen) atoms. The summed E-state index contributed by atoms with van der Waals surface area (Å²) in [5, 5.41) is 0.0849. The summed E-state index contributed by atoms with van der Waals surface area (Å²) in [4.78, 5) is 13.7. The summed E-state index contributed by atoms with van der Waals surface area (Å²) in [6.07, 6.45) is 2.33. The Balaban J connectivity index is 2.28. The molecule has 1 heterocycles. The van der Waals surface area contributed by atoms with Gasteiger partial charge in [-0.05, 0) is 19.8 Å². The van der Waals surface area contributed by atoms with Crippen molar-refractivity contribution < 1.29 is 4.79 Å². The molecule has 2 N–H and O–H groups in total. The van der Waals surface area contributed by atoms with Crippen LogP contribution >= 0.6 is 11.8 Å². The number of likely N-dealkylation sites (tertiary alicyclic amines) is 1. The maximum atomic E-state index is 11.7. The highest BCUT2D eigenvalue weighted by Gasteiger charge is 2.22. The molecule has 0 aromatic heterocycles. The first-order valence-corrected chi connectivity index (χ1v) is 5.91. The van der Waals surface area contributed by atoms with E-state index in [0.717, 1.165) is 18.8 Å². The van der Waals surface area contributed by atoms with Gasteiger partial charge in [-0.3, -0.25) is 4.79 Å². The van der Waals surface area contributed by atoms with Gasteiger partial charge in [-0.15, -0.1) is 11.8 Å². The van der Waals surface area contributed by atoms with Gasteiger partial charge >= 0.3 is 0 Å². The fourth-order valence-corrected chi connectivity index (χ4v) is 2.29. The number of hydrogen-bond donors (Lipinski definition) is 1. The average molecular weight is 202 g/mol. The normalized spacial score (nSPS) is 19.1. The van der Waals surface area contributed by atoms with Crippen LogP contribution < -0.4 is 5.73 Å². The number of carbonyl (C=O) groups excluding carboxylic acids is 1. The Morgan fingerprint density at radius 2 is 2.15 bits per heavy atom. The molecule has 0 spiro atoms. The molecule has 1 atom stereocenters. The Morgan fingerprint density at radius 3 is 2.69 bits per heavy atom. The lowest BCUT2D eigenvalue weighted by Gasteiger charge is -2.19. The second kappa shape index (κ2) is 5.50. The van der Waals surface area contributed by atoms with Crippen LogP contribution in [-0.2, 0) is 4.79 Å². The zero-order valence-electron chi connectivity index (χ0n) is 8.16. The van der Waals surface area contributed by atoms with Crippen LogP contribution in [0.25, 0.3) is 0 Å². The van der Waals surface area contributed by atoms with E-state index in [9.17, 15) is 4.79 Å². The van der Waals surface area contributed by atoms with Crippen molar-refractivity contribution in [1.29, 1.82) is 0 Å². The van der Waals surface area contributed by atoms with Crippen LogP contribution in [0, 0.1) is 0 Å². The highest BCUT2D eigenvalue weighted by atomic mass is 32.2. The van der Waals surface area contributed by atoms with Crippen LogP contribution in [0.15, 0.2) is 0 Å². The van der Waals surface area contributed by atoms with Crippen molar-refractivity contribution in [2.24, 2.45) is 5.73 Å². The van der Waals surface area contributed by atoms with E-state index in [4.69, 9.17) is 5.73 Å². The molecule has 1 unspecified atom stereocenters. The van der Waals surface area contributed by atoms with E-state index in [0.29, 0.717) is 6.54 Å². The number of rotatable bonds is 4. The van der Waals surface area contributed by atoms with Crippen LogP contribution in [0.3, 0.4) is 0 Å². The molecule has 4 heteroatoms. The quantitative estimate of drug-likeness (QED) is 0.729. The minimum Gasteiger partial charge on any atom is -0.342 e. The van der Waals surface area contributed by atoms with E-state index < -0.39 is 0 Å². The molecule has 0 aliphatic carbocycles. The van der Waals surface area contributed by atoms with Crippen LogP contribution in [0.5, 0.6) is 0 Å². The first-order valence-electron chi connectivity index (χ1n) is 4.86. The number of nitrogens with zero attached hydrogens (tertiary/aromatic N) is 1. The smallest absolute Gasteiger partial charge is 0.235 e. The molecule has 1 aliphatic heterocycles. The highest BCUT2D eigenvalue weighted by molar-refractivity contribution is 8.00. The zero-order chi connectivity index (χ0) is 9.68.